The van der Waals surface area contributed by atoms with Crippen molar-refractivity contribution >= 4 is 24.1 Å². The monoisotopic (exact) mass is 555 g/mol. The number of para-hydroxylation sites is 1. The molecule has 0 bridgehead atoms. The van der Waals surface area contributed by atoms with E-state index in [2.05, 4.69) is 17.6 Å². The fraction of sp³-hybridized carbons (Fsp3) is 0.538. The van der Waals surface area contributed by atoms with E-state index in [4.69, 9.17) is 24.1 Å². The van der Waals surface area contributed by atoms with Crippen LogP contribution in [0.1, 0.15) is 32.8 Å². The Kier molecular flexibility index (Phi) is 19.8. The van der Waals surface area contributed by atoms with E-state index in [1.165, 1.54) is 0 Å². The molecular weight excluding hydrogens is 514 g/mol. The Morgan fingerprint density at radius 2 is 1.51 bits per heavy atom. The van der Waals surface area contributed by atoms with Crippen LogP contribution in [0.15, 0.2) is 30.4 Å². The van der Waals surface area contributed by atoms with Crippen LogP contribution >= 0.6 is 0 Å². The van der Waals surface area contributed by atoms with Gasteiger partial charge >= 0.3 is 18.2 Å². The zero-order valence-corrected chi connectivity index (χ0v) is 23.1. The summed E-state index contributed by atoms with van der Waals surface area (Å²) in [6.45, 7) is 9.91. The quantitative estimate of drug-likeness (QED) is 0.188. The molecule has 0 fully saturated rings. The van der Waals surface area contributed by atoms with Crippen molar-refractivity contribution in [2.75, 3.05) is 59.7 Å². The second-order valence-electron chi connectivity index (χ2n) is 7.87. The fourth-order valence-corrected chi connectivity index (χ4v) is 3.08. The number of rotatable bonds is 17. The number of amides is 2. The number of quaternary nitrogens is 1. The van der Waals surface area contributed by atoms with Crippen LogP contribution in [-0.4, -0.2) is 88.9 Å². The summed E-state index contributed by atoms with van der Waals surface area (Å²) in [4.78, 5) is 43.2. The number of hydrogen-bond acceptors (Lipinski definition) is 9. The van der Waals surface area contributed by atoms with Crippen LogP contribution in [0, 0.1) is 0 Å². The molecule has 0 aliphatic carbocycles. The Bertz CT molecular complexity index is 868. The van der Waals surface area contributed by atoms with Crippen LogP contribution in [-0.2, 0) is 25.5 Å². The molecule has 4 N–H and O–H groups in total. The largest absolute Gasteiger partial charge is 0.545 e. The molecule has 0 radical (unpaired) electrons. The van der Waals surface area contributed by atoms with E-state index < -0.39 is 24.1 Å². The molecule has 0 aromatic heterocycles. The molecule has 0 unspecified atom stereocenters. The predicted molar refractivity (Wildman–Crippen MR) is 140 cm³/mol. The van der Waals surface area contributed by atoms with Gasteiger partial charge in [-0.2, -0.15) is 0 Å². The maximum atomic E-state index is 11.5. The molecule has 1 aromatic carbocycles. The molecule has 0 heterocycles. The normalized spacial score (nSPS) is 10.3. The van der Waals surface area contributed by atoms with Crippen LogP contribution in [0.2, 0.25) is 0 Å². The number of aliphatic carboxylic acids is 2. The van der Waals surface area contributed by atoms with E-state index in [-0.39, 0.29) is 13.2 Å². The van der Waals surface area contributed by atoms with E-state index in [1.54, 1.807) is 7.11 Å². The molecule has 2 amide bonds. The number of carboxylic acid groups (broad SMARTS) is 2. The molecule has 39 heavy (non-hydrogen) atoms. The molecule has 0 saturated carbocycles. The van der Waals surface area contributed by atoms with E-state index in [0.29, 0.717) is 50.7 Å². The molecule has 13 nitrogen and oxygen atoms in total. The van der Waals surface area contributed by atoms with Crippen LogP contribution in [0.25, 0.3) is 0 Å². The summed E-state index contributed by atoms with van der Waals surface area (Å²) < 4.78 is 21.8. The molecule has 0 aliphatic heterocycles. The molecule has 0 aliphatic rings. The number of carboxylic acids is 2. The minimum absolute atomic E-state index is 0.277. The number of alkyl carbamates (subject to hydrolysis) is 2. The average Bonchev–Trinajstić information content (AvgIpc) is 2.89. The third-order valence-corrected chi connectivity index (χ3v) is 4.86. The van der Waals surface area contributed by atoms with Crippen LogP contribution in [0.5, 0.6) is 11.5 Å². The lowest BCUT2D eigenvalue weighted by atomic mass is 10.1. The second-order valence-corrected chi connectivity index (χ2v) is 7.87. The van der Waals surface area contributed by atoms with Gasteiger partial charge in [-0.25, -0.2) is 14.4 Å². The zero-order valence-electron chi connectivity index (χ0n) is 23.1. The maximum absolute atomic E-state index is 11.5. The van der Waals surface area contributed by atoms with Crippen LogP contribution in [0.4, 0.5) is 9.59 Å². The highest BCUT2D eigenvalue weighted by atomic mass is 16.6. The van der Waals surface area contributed by atoms with Gasteiger partial charge in [0.2, 0.25) is 0 Å². The number of carbonyl (C=O) groups excluding carboxylic acids is 3. The van der Waals surface area contributed by atoms with Gasteiger partial charge in [-0.15, -0.1) is 0 Å². The number of hydrogen-bond donors (Lipinski definition) is 4. The van der Waals surface area contributed by atoms with Crippen LogP contribution < -0.4 is 30.1 Å². The molecule has 0 saturated heterocycles. The summed E-state index contributed by atoms with van der Waals surface area (Å²) in [5.74, 6) is -1.32. The van der Waals surface area contributed by atoms with E-state index >= 15 is 0 Å². The maximum Gasteiger partial charge on any atom is 0.407 e. The Hall–Kier alpha value is -4.00. The van der Waals surface area contributed by atoms with Gasteiger partial charge in [0.25, 0.3) is 0 Å². The third kappa shape index (κ3) is 18.0. The Balaban J connectivity index is 0.00000156. The van der Waals surface area contributed by atoms with Gasteiger partial charge in [0.05, 0.1) is 26.2 Å². The van der Waals surface area contributed by atoms with Crippen molar-refractivity contribution in [3.05, 3.63) is 35.9 Å². The summed E-state index contributed by atoms with van der Waals surface area (Å²) in [5, 5.41) is 22.4. The van der Waals surface area contributed by atoms with Gasteiger partial charge in [-0.3, -0.25) is 0 Å². The fourth-order valence-electron chi connectivity index (χ4n) is 3.08. The third-order valence-electron chi connectivity index (χ3n) is 4.86. The van der Waals surface area contributed by atoms with Crippen LogP contribution in [0.3, 0.4) is 0 Å². The number of ether oxygens (including phenoxy) is 4. The lowest BCUT2D eigenvalue weighted by Crippen LogP contribution is -3.13. The lowest BCUT2D eigenvalue weighted by Gasteiger charge is -2.21. The SMILES string of the molecule is CCCOc1c(CC[NH+](CCOC(=O)NCC)CCOC(=O)NCC)cccc1OC.O=C([O-])/C=C\C(=O)O. The average molecular weight is 556 g/mol. The second kappa shape index (κ2) is 22.0. The Morgan fingerprint density at radius 3 is 1.95 bits per heavy atom. The van der Waals surface area contributed by atoms with Gasteiger partial charge in [-0.05, 0) is 32.4 Å². The van der Waals surface area contributed by atoms with Gasteiger partial charge in [-0.1, -0.05) is 19.1 Å². The molecule has 1 rings (SSSR count). The molecule has 220 valence electrons. The molecular formula is C26H41N3O10. The van der Waals surface area contributed by atoms with E-state index in [1.807, 2.05) is 32.0 Å². The lowest BCUT2D eigenvalue weighted by molar-refractivity contribution is -0.900. The Labute approximate surface area is 229 Å². The van der Waals surface area contributed by atoms with Crippen molar-refractivity contribution in [3.63, 3.8) is 0 Å². The predicted octanol–water partition coefficient (Wildman–Crippen LogP) is -0.219. The first-order valence-corrected chi connectivity index (χ1v) is 12.7. The van der Waals surface area contributed by atoms with E-state index in [0.717, 1.165) is 35.6 Å². The summed E-state index contributed by atoms with van der Waals surface area (Å²) >= 11 is 0. The van der Waals surface area contributed by atoms with Gasteiger partial charge < -0.3 is 49.5 Å². The summed E-state index contributed by atoms with van der Waals surface area (Å²) in [5.41, 5.74) is 1.06. The van der Waals surface area contributed by atoms with Crippen molar-refractivity contribution in [1.82, 2.24) is 10.6 Å². The summed E-state index contributed by atoms with van der Waals surface area (Å²) in [6.07, 6.45) is 1.74. The zero-order chi connectivity index (χ0) is 29.5. The first-order chi connectivity index (χ1) is 18.7. The van der Waals surface area contributed by atoms with Crippen molar-refractivity contribution in [2.24, 2.45) is 0 Å². The minimum Gasteiger partial charge on any atom is -0.545 e. The highest BCUT2D eigenvalue weighted by Gasteiger charge is 2.16. The number of methoxy groups -OCH3 is 1. The van der Waals surface area contributed by atoms with Crippen molar-refractivity contribution < 1.29 is 53.2 Å². The van der Waals surface area contributed by atoms with Crippen molar-refractivity contribution in [2.45, 2.75) is 33.6 Å². The van der Waals surface area contributed by atoms with Gasteiger partial charge in [0.1, 0.15) is 26.3 Å². The number of benzene rings is 1. The van der Waals surface area contributed by atoms with Gasteiger partial charge in [0, 0.05) is 31.1 Å². The molecule has 1 aromatic rings. The highest BCUT2D eigenvalue weighted by Crippen LogP contribution is 2.31. The first-order valence-electron chi connectivity index (χ1n) is 12.7. The molecule has 13 heteroatoms. The standard InChI is InChI=1S/C22H37N3O6.C4H4O4/c1-5-15-29-20-18(9-8-10-19(20)28-4)11-12-25(13-16-30-21(26)23-6-2)14-17-31-22(27)24-7-3;5-3(6)1-2-4(7)8/h8-10H,5-7,11-17H2,1-4H3,(H,23,26)(H,24,27);1-2H,(H,5,6)(H,7,8)/b;2-1-. The number of carbonyl (C=O) groups is 4. The highest BCUT2D eigenvalue weighted by molar-refractivity contribution is 5.88. The molecule has 0 spiro atoms. The summed E-state index contributed by atoms with van der Waals surface area (Å²) in [7, 11) is 1.63. The number of nitrogens with one attached hydrogen (secondary N) is 3. The molecule has 0 atom stereocenters. The van der Waals surface area contributed by atoms with Crippen molar-refractivity contribution in [1.29, 1.82) is 0 Å². The minimum atomic E-state index is -1.51. The van der Waals surface area contributed by atoms with E-state index in [9.17, 15) is 24.3 Å². The Morgan fingerprint density at radius 1 is 0.923 bits per heavy atom. The van der Waals surface area contributed by atoms with Crippen molar-refractivity contribution in [3.8, 4) is 11.5 Å². The first kappa shape index (κ1) is 35.0. The van der Waals surface area contributed by atoms with Gasteiger partial charge in [0.15, 0.2) is 11.5 Å². The topological polar surface area (TPSA) is 177 Å². The smallest absolute Gasteiger partial charge is 0.407 e. The summed E-state index contributed by atoms with van der Waals surface area (Å²) in [6, 6.07) is 5.87.